The second-order valence-corrected chi connectivity index (χ2v) is 6.74. The van der Waals surface area contributed by atoms with Crippen molar-refractivity contribution in [3.05, 3.63) is 0 Å². The van der Waals surface area contributed by atoms with Crippen molar-refractivity contribution in [3.8, 4) is 0 Å². The number of hydrogen-bond donors (Lipinski definition) is 4. The lowest BCUT2D eigenvalue weighted by molar-refractivity contribution is -0.121. The maximum atomic E-state index is 12.0. The van der Waals surface area contributed by atoms with Crippen LogP contribution in [0, 0.1) is 5.92 Å². The largest absolute Gasteiger partial charge is 0.396 e. The first-order valence-corrected chi connectivity index (χ1v) is 8.97. The van der Waals surface area contributed by atoms with Crippen molar-refractivity contribution in [2.45, 2.75) is 77.3 Å². The Morgan fingerprint density at radius 3 is 2.30 bits per heavy atom. The van der Waals surface area contributed by atoms with Gasteiger partial charge < -0.3 is 21.1 Å². The van der Waals surface area contributed by atoms with E-state index in [1.165, 1.54) is 25.7 Å². The summed E-state index contributed by atoms with van der Waals surface area (Å²) >= 11 is 0. The van der Waals surface area contributed by atoms with E-state index in [9.17, 15) is 14.7 Å². The zero-order valence-electron chi connectivity index (χ0n) is 14.6. The van der Waals surface area contributed by atoms with Crippen LogP contribution in [0.25, 0.3) is 0 Å². The van der Waals surface area contributed by atoms with Gasteiger partial charge in [0.2, 0.25) is 5.91 Å². The molecule has 0 aromatic heterocycles. The molecule has 0 radical (unpaired) electrons. The van der Waals surface area contributed by atoms with Crippen LogP contribution >= 0.6 is 0 Å². The number of urea groups is 1. The van der Waals surface area contributed by atoms with E-state index in [1.807, 2.05) is 13.8 Å². The predicted octanol–water partition coefficient (Wildman–Crippen LogP) is 1.92. The Balaban J connectivity index is 2.34. The normalized spacial score (nSPS) is 17.4. The quantitative estimate of drug-likeness (QED) is 0.513. The maximum Gasteiger partial charge on any atom is 0.315 e. The second-order valence-electron chi connectivity index (χ2n) is 6.74. The number of hydrogen-bond acceptors (Lipinski definition) is 3. The third kappa shape index (κ3) is 8.79. The van der Waals surface area contributed by atoms with E-state index >= 15 is 0 Å². The van der Waals surface area contributed by atoms with Gasteiger partial charge in [-0.3, -0.25) is 4.79 Å². The molecule has 0 heterocycles. The molecule has 134 valence electrons. The molecule has 4 N–H and O–H groups in total. The molecule has 0 bridgehead atoms. The third-order valence-electron chi connectivity index (χ3n) is 4.31. The molecular formula is C17H33N3O3. The molecule has 1 aliphatic carbocycles. The van der Waals surface area contributed by atoms with Gasteiger partial charge in [0.05, 0.1) is 0 Å². The monoisotopic (exact) mass is 327 g/mol. The van der Waals surface area contributed by atoms with Gasteiger partial charge in [-0.2, -0.15) is 0 Å². The van der Waals surface area contributed by atoms with Gasteiger partial charge in [-0.05, 0) is 39.0 Å². The molecule has 1 aliphatic rings. The fourth-order valence-electron chi connectivity index (χ4n) is 3.18. The van der Waals surface area contributed by atoms with Crippen molar-refractivity contribution in [2.75, 3.05) is 13.2 Å². The van der Waals surface area contributed by atoms with Crippen molar-refractivity contribution >= 4 is 11.9 Å². The van der Waals surface area contributed by atoms with E-state index in [0.29, 0.717) is 18.9 Å². The Kier molecular flexibility index (Phi) is 9.67. The minimum absolute atomic E-state index is 0.0163. The van der Waals surface area contributed by atoms with Crippen molar-refractivity contribution in [1.82, 2.24) is 16.0 Å². The predicted molar refractivity (Wildman–Crippen MR) is 91.1 cm³/mol. The minimum Gasteiger partial charge on any atom is -0.396 e. The van der Waals surface area contributed by atoms with Gasteiger partial charge in [0.25, 0.3) is 0 Å². The lowest BCUT2D eigenvalue weighted by atomic mass is 9.90. The fourth-order valence-corrected chi connectivity index (χ4v) is 3.18. The molecule has 1 rings (SSSR count). The van der Waals surface area contributed by atoms with Gasteiger partial charge in [-0.15, -0.1) is 0 Å². The molecule has 1 saturated carbocycles. The van der Waals surface area contributed by atoms with E-state index < -0.39 is 0 Å². The first-order chi connectivity index (χ1) is 11.0. The first kappa shape index (κ1) is 19.7. The highest BCUT2D eigenvalue weighted by Gasteiger charge is 2.23. The number of carbonyl (C=O) groups is 2. The van der Waals surface area contributed by atoms with Crippen LogP contribution in [0.4, 0.5) is 4.79 Å². The molecular weight excluding hydrogens is 294 g/mol. The SMILES string of the molecule is CC(C)NC(=O)CCNC(=O)NC(CCO)C1CCCCCC1. The summed E-state index contributed by atoms with van der Waals surface area (Å²) in [7, 11) is 0. The molecule has 23 heavy (non-hydrogen) atoms. The summed E-state index contributed by atoms with van der Waals surface area (Å²) in [5.41, 5.74) is 0. The van der Waals surface area contributed by atoms with Crippen LogP contribution in [-0.2, 0) is 4.79 Å². The van der Waals surface area contributed by atoms with Crippen LogP contribution in [0.15, 0.2) is 0 Å². The summed E-state index contributed by atoms with van der Waals surface area (Å²) in [6, 6.07) is -0.117. The van der Waals surface area contributed by atoms with Gasteiger partial charge in [0, 0.05) is 31.7 Å². The summed E-state index contributed by atoms with van der Waals surface area (Å²) in [5.74, 6) is 0.385. The van der Waals surface area contributed by atoms with Crippen LogP contribution in [-0.4, -0.2) is 42.3 Å². The number of aliphatic hydroxyl groups is 1. The van der Waals surface area contributed by atoms with Crippen LogP contribution in [0.2, 0.25) is 0 Å². The molecule has 6 nitrogen and oxygen atoms in total. The van der Waals surface area contributed by atoms with Crippen LogP contribution < -0.4 is 16.0 Å². The number of aliphatic hydroxyl groups excluding tert-OH is 1. The van der Waals surface area contributed by atoms with Gasteiger partial charge in [0.15, 0.2) is 0 Å². The molecule has 3 amide bonds. The Hall–Kier alpha value is -1.30. The zero-order chi connectivity index (χ0) is 17.1. The Bertz CT molecular complexity index is 353. The topological polar surface area (TPSA) is 90.5 Å². The van der Waals surface area contributed by atoms with Crippen molar-refractivity contribution in [2.24, 2.45) is 5.92 Å². The average Bonchev–Trinajstić information content (AvgIpc) is 2.75. The highest BCUT2D eigenvalue weighted by atomic mass is 16.3. The lowest BCUT2D eigenvalue weighted by Gasteiger charge is -2.26. The highest BCUT2D eigenvalue weighted by Crippen LogP contribution is 2.26. The second kappa shape index (κ2) is 11.3. The van der Waals surface area contributed by atoms with Crippen LogP contribution in [0.1, 0.15) is 65.2 Å². The standard InChI is InChI=1S/C17H33N3O3/c1-13(2)19-16(22)9-11-18-17(23)20-15(10-12-21)14-7-5-3-4-6-8-14/h13-15,21H,3-12H2,1-2H3,(H,19,22)(H2,18,20,23). The van der Waals surface area contributed by atoms with E-state index in [1.54, 1.807) is 0 Å². The van der Waals surface area contributed by atoms with Gasteiger partial charge in [-0.1, -0.05) is 25.7 Å². The van der Waals surface area contributed by atoms with E-state index in [2.05, 4.69) is 16.0 Å². The molecule has 0 spiro atoms. The minimum atomic E-state index is -0.245. The average molecular weight is 327 g/mol. The Morgan fingerprint density at radius 2 is 1.74 bits per heavy atom. The number of nitrogens with one attached hydrogen (secondary N) is 3. The van der Waals surface area contributed by atoms with E-state index in [0.717, 1.165) is 12.8 Å². The number of carbonyl (C=O) groups excluding carboxylic acids is 2. The summed E-state index contributed by atoms with van der Waals surface area (Å²) < 4.78 is 0. The smallest absolute Gasteiger partial charge is 0.315 e. The summed E-state index contributed by atoms with van der Waals surface area (Å²) in [6.45, 7) is 4.22. The van der Waals surface area contributed by atoms with Crippen molar-refractivity contribution < 1.29 is 14.7 Å². The molecule has 1 fully saturated rings. The number of amides is 3. The van der Waals surface area contributed by atoms with Crippen LogP contribution in [0.5, 0.6) is 0 Å². The summed E-state index contributed by atoms with van der Waals surface area (Å²) in [4.78, 5) is 23.6. The van der Waals surface area contributed by atoms with Gasteiger partial charge in [0.1, 0.15) is 0 Å². The first-order valence-electron chi connectivity index (χ1n) is 8.97. The van der Waals surface area contributed by atoms with Crippen LogP contribution in [0.3, 0.4) is 0 Å². The summed E-state index contributed by atoms with van der Waals surface area (Å²) in [6.07, 6.45) is 8.02. The maximum absolute atomic E-state index is 12.0. The molecule has 0 aliphatic heterocycles. The summed E-state index contributed by atoms with van der Waals surface area (Å²) in [5, 5.41) is 17.8. The Labute approximate surface area is 139 Å². The molecule has 1 unspecified atom stereocenters. The van der Waals surface area contributed by atoms with Crippen molar-refractivity contribution in [1.29, 1.82) is 0 Å². The number of rotatable bonds is 8. The zero-order valence-corrected chi connectivity index (χ0v) is 14.6. The fraction of sp³-hybridized carbons (Fsp3) is 0.882. The molecule has 0 aromatic rings. The third-order valence-corrected chi connectivity index (χ3v) is 4.31. The van der Waals surface area contributed by atoms with Gasteiger partial charge >= 0.3 is 6.03 Å². The molecule has 0 aromatic carbocycles. The van der Waals surface area contributed by atoms with E-state index in [-0.39, 0.29) is 37.0 Å². The van der Waals surface area contributed by atoms with E-state index in [4.69, 9.17) is 0 Å². The van der Waals surface area contributed by atoms with Gasteiger partial charge in [-0.25, -0.2) is 4.79 Å². The molecule has 1 atom stereocenters. The Morgan fingerprint density at radius 1 is 1.09 bits per heavy atom. The van der Waals surface area contributed by atoms with Crippen molar-refractivity contribution in [3.63, 3.8) is 0 Å². The molecule has 0 saturated heterocycles. The molecule has 6 heteroatoms. The lowest BCUT2D eigenvalue weighted by Crippen LogP contribution is -2.46. The highest BCUT2D eigenvalue weighted by molar-refractivity contribution is 5.78.